The Kier molecular flexibility index (Phi) is 4.07. The lowest BCUT2D eigenvalue weighted by Crippen LogP contribution is -2.61. The van der Waals surface area contributed by atoms with Gasteiger partial charge in [0.05, 0.1) is 28.6 Å². The van der Waals surface area contributed by atoms with Gasteiger partial charge in [0.1, 0.15) is 0 Å². The second-order valence-corrected chi connectivity index (χ2v) is 8.92. The Balaban J connectivity index is 1.72. The van der Waals surface area contributed by atoms with Gasteiger partial charge in [0, 0.05) is 19.1 Å². The van der Waals surface area contributed by atoms with E-state index in [0.717, 1.165) is 6.54 Å². The van der Waals surface area contributed by atoms with Crippen molar-refractivity contribution in [1.29, 1.82) is 0 Å². The molecule has 0 spiro atoms. The van der Waals surface area contributed by atoms with Crippen molar-refractivity contribution in [3.63, 3.8) is 0 Å². The molecule has 8 nitrogen and oxygen atoms in total. The number of piperazine rings is 1. The number of para-hydroxylation sites is 2. The molecule has 0 aliphatic carbocycles. The number of sulfone groups is 1. The third-order valence-electron chi connectivity index (χ3n) is 5.26. The van der Waals surface area contributed by atoms with Crippen molar-refractivity contribution in [3.05, 3.63) is 40.3 Å². The van der Waals surface area contributed by atoms with Crippen molar-refractivity contribution in [3.8, 4) is 0 Å². The zero-order valence-electron chi connectivity index (χ0n) is 14.4. The third kappa shape index (κ3) is 2.80. The van der Waals surface area contributed by atoms with E-state index in [2.05, 4.69) is 14.9 Å². The number of hydrogen-bond acceptors (Lipinski definition) is 6. The van der Waals surface area contributed by atoms with Crippen LogP contribution >= 0.6 is 0 Å². The van der Waals surface area contributed by atoms with Gasteiger partial charge >= 0.3 is 0 Å². The van der Waals surface area contributed by atoms with Gasteiger partial charge in [-0.25, -0.2) is 13.4 Å². The van der Waals surface area contributed by atoms with E-state index in [1.54, 1.807) is 24.3 Å². The number of carbonyl (C=O) groups is 1. The van der Waals surface area contributed by atoms with Gasteiger partial charge in [-0.3, -0.25) is 14.5 Å². The first-order chi connectivity index (χ1) is 12.4. The minimum absolute atomic E-state index is 0.0524. The Morgan fingerprint density at radius 3 is 2.73 bits per heavy atom. The minimum Gasteiger partial charge on any atom is -0.330 e. The maximum Gasteiger partial charge on any atom is 0.280 e. The first-order valence-electron chi connectivity index (χ1n) is 8.64. The van der Waals surface area contributed by atoms with Crippen LogP contribution in [0.5, 0.6) is 0 Å². The number of benzene rings is 1. The van der Waals surface area contributed by atoms with Crippen LogP contribution in [0, 0.1) is 0 Å². The molecule has 9 heteroatoms. The fraction of sp³-hybridized carbons (Fsp3) is 0.471. The largest absolute Gasteiger partial charge is 0.330 e. The number of hydrogen-bond donors (Lipinski definition) is 1. The predicted molar refractivity (Wildman–Crippen MR) is 96.9 cm³/mol. The maximum absolute atomic E-state index is 13.0. The molecule has 0 saturated carbocycles. The molecule has 26 heavy (non-hydrogen) atoms. The molecule has 2 aliphatic rings. The van der Waals surface area contributed by atoms with Gasteiger partial charge in [-0.2, -0.15) is 0 Å². The molecule has 0 radical (unpaired) electrons. The van der Waals surface area contributed by atoms with E-state index in [-0.39, 0.29) is 23.2 Å². The molecule has 3 heterocycles. The second kappa shape index (κ2) is 6.17. The summed E-state index contributed by atoms with van der Waals surface area (Å²) >= 11 is 0. The van der Waals surface area contributed by atoms with Crippen LogP contribution in [-0.4, -0.2) is 77.3 Å². The highest BCUT2D eigenvalue weighted by Gasteiger charge is 2.48. The summed E-state index contributed by atoms with van der Waals surface area (Å²) in [7, 11) is -3.21. The molecule has 2 aromatic rings. The van der Waals surface area contributed by atoms with Crippen LogP contribution in [0.3, 0.4) is 0 Å². The monoisotopic (exact) mass is 376 g/mol. The summed E-state index contributed by atoms with van der Waals surface area (Å²) in [6.07, 6.45) is 0. The van der Waals surface area contributed by atoms with Crippen molar-refractivity contribution in [2.75, 3.05) is 31.1 Å². The number of amides is 1. The lowest BCUT2D eigenvalue weighted by molar-refractivity contribution is 0.0343. The van der Waals surface area contributed by atoms with E-state index in [0.29, 0.717) is 24.1 Å². The number of aromatic amines is 1. The van der Waals surface area contributed by atoms with Gasteiger partial charge in [-0.1, -0.05) is 19.1 Å². The molecule has 1 aromatic carbocycles. The van der Waals surface area contributed by atoms with Crippen molar-refractivity contribution in [1.82, 2.24) is 19.8 Å². The first kappa shape index (κ1) is 17.2. The predicted octanol–water partition coefficient (Wildman–Crippen LogP) is -0.134. The standard InChI is InChI=1S/C17H20N4O4S/c1-2-20-7-8-21(14-10-26(24,25)9-13(14)20)17(23)15-16(22)19-12-6-4-3-5-11(12)18-15/h3-6,13-14H,2,7-10H2,1H3,(H,19,22)/t13-,14+/m1/s1. The Bertz CT molecular complexity index is 1030. The lowest BCUT2D eigenvalue weighted by Gasteiger charge is -2.43. The summed E-state index contributed by atoms with van der Waals surface area (Å²) in [5.41, 5.74) is 0.352. The molecule has 0 bridgehead atoms. The van der Waals surface area contributed by atoms with E-state index in [1.807, 2.05) is 6.92 Å². The number of likely N-dealkylation sites (N-methyl/N-ethyl adjacent to an activating group) is 1. The molecule has 2 saturated heterocycles. The SMILES string of the molecule is CCN1CCN(C(=O)c2nc3ccccc3[nH]c2=O)[C@H]2CS(=O)(=O)C[C@H]21. The highest BCUT2D eigenvalue weighted by Crippen LogP contribution is 2.27. The Morgan fingerprint density at radius 2 is 1.96 bits per heavy atom. The maximum atomic E-state index is 13.0. The summed E-state index contributed by atoms with van der Waals surface area (Å²) in [4.78, 5) is 35.9. The van der Waals surface area contributed by atoms with Gasteiger partial charge in [-0.15, -0.1) is 0 Å². The zero-order valence-corrected chi connectivity index (χ0v) is 15.2. The Morgan fingerprint density at radius 1 is 1.23 bits per heavy atom. The van der Waals surface area contributed by atoms with E-state index >= 15 is 0 Å². The zero-order chi connectivity index (χ0) is 18.5. The van der Waals surface area contributed by atoms with Gasteiger partial charge < -0.3 is 9.88 Å². The van der Waals surface area contributed by atoms with Crippen LogP contribution in [0.15, 0.2) is 29.1 Å². The fourth-order valence-electron chi connectivity index (χ4n) is 3.98. The van der Waals surface area contributed by atoms with Gasteiger partial charge in [0.25, 0.3) is 11.5 Å². The first-order valence-corrected chi connectivity index (χ1v) is 10.5. The Hall–Kier alpha value is -2.26. The molecule has 2 fully saturated rings. The number of H-pyrrole nitrogens is 1. The van der Waals surface area contributed by atoms with Crippen LogP contribution in [-0.2, 0) is 9.84 Å². The number of aromatic nitrogens is 2. The second-order valence-electron chi connectivity index (χ2n) is 6.77. The minimum atomic E-state index is -3.21. The highest BCUT2D eigenvalue weighted by atomic mass is 32.2. The number of rotatable bonds is 2. The van der Waals surface area contributed by atoms with Crippen molar-refractivity contribution < 1.29 is 13.2 Å². The molecule has 138 valence electrons. The van der Waals surface area contributed by atoms with E-state index in [9.17, 15) is 18.0 Å². The van der Waals surface area contributed by atoms with Crippen LogP contribution < -0.4 is 5.56 Å². The smallest absolute Gasteiger partial charge is 0.280 e. The summed E-state index contributed by atoms with van der Waals surface area (Å²) < 4.78 is 24.3. The third-order valence-corrected chi connectivity index (χ3v) is 6.96. The average molecular weight is 376 g/mol. The average Bonchev–Trinajstić information content (AvgIpc) is 2.94. The van der Waals surface area contributed by atoms with Crippen LogP contribution in [0.1, 0.15) is 17.4 Å². The lowest BCUT2D eigenvalue weighted by atomic mass is 10.0. The quantitative estimate of drug-likeness (QED) is 0.783. The molecular formula is C17H20N4O4S. The fourth-order valence-corrected chi connectivity index (χ4v) is 5.99. The van der Waals surface area contributed by atoms with Crippen molar-refractivity contribution >= 4 is 26.8 Å². The van der Waals surface area contributed by atoms with Crippen LogP contribution in [0.2, 0.25) is 0 Å². The molecule has 1 aromatic heterocycles. The molecule has 1 N–H and O–H groups in total. The van der Waals surface area contributed by atoms with Gasteiger partial charge in [0.15, 0.2) is 15.5 Å². The molecule has 0 unspecified atom stereocenters. The number of carbonyl (C=O) groups excluding carboxylic acids is 1. The summed E-state index contributed by atoms with van der Waals surface area (Å²) in [6.45, 7) is 3.68. The van der Waals surface area contributed by atoms with E-state index in [1.165, 1.54) is 4.90 Å². The highest BCUT2D eigenvalue weighted by molar-refractivity contribution is 7.91. The van der Waals surface area contributed by atoms with E-state index < -0.39 is 27.3 Å². The van der Waals surface area contributed by atoms with E-state index in [4.69, 9.17) is 0 Å². The molecule has 1 amide bonds. The molecule has 2 aliphatic heterocycles. The summed E-state index contributed by atoms with van der Waals surface area (Å²) in [5, 5.41) is 0. The topological polar surface area (TPSA) is 103 Å². The van der Waals surface area contributed by atoms with Crippen LogP contribution in [0.25, 0.3) is 11.0 Å². The Labute approximate surface area is 150 Å². The molecule has 4 rings (SSSR count). The summed E-state index contributed by atoms with van der Waals surface area (Å²) in [5.74, 6) is -0.512. The molecular weight excluding hydrogens is 356 g/mol. The summed E-state index contributed by atoms with van der Waals surface area (Å²) in [6, 6.07) is 6.34. The number of nitrogens with zero attached hydrogens (tertiary/aromatic N) is 3. The van der Waals surface area contributed by atoms with Crippen molar-refractivity contribution in [2.24, 2.45) is 0 Å². The number of fused-ring (bicyclic) bond motifs is 2. The normalized spacial score (nSPS) is 25.3. The number of nitrogens with one attached hydrogen (secondary N) is 1. The molecule has 2 atom stereocenters. The van der Waals surface area contributed by atoms with Gasteiger partial charge in [0.2, 0.25) is 0 Å². The van der Waals surface area contributed by atoms with Crippen molar-refractivity contribution in [2.45, 2.75) is 19.0 Å². The van der Waals surface area contributed by atoms with Gasteiger partial charge in [-0.05, 0) is 18.7 Å². The van der Waals surface area contributed by atoms with Crippen LogP contribution in [0.4, 0.5) is 0 Å².